The number of anilines is 1. The maximum atomic E-state index is 5.92. The Morgan fingerprint density at radius 1 is 1.31 bits per heavy atom. The second kappa shape index (κ2) is 4.00. The molecule has 16 heavy (non-hydrogen) atoms. The van der Waals surface area contributed by atoms with Crippen molar-refractivity contribution in [3.05, 3.63) is 35.7 Å². The van der Waals surface area contributed by atoms with E-state index in [-0.39, 0.29) is 0 Å². The summed E-state index contributed by atoms with van der Waals surface area (Å²) in [7, 11) is 0. The molecule has 84 valence electrons. The van der Waals surface area contributed by atoms with Crippen LogP contribution in [0.5, 0.6) is 0 Å². The van der Waals surface area contributed by atoms with Gasteiger partial charge in [-0.3, -0.25) is 4.68 Å². The lowest BCUT2D eigenvalue weighted by Gasteiger charge is -2.03. The number of nitrogen functional groups attached to an aromatic ring is 1. The van der Waals surface area contributed by atoms with Crippen molar-refractivity contribution in [1.82, 2.24) is 9.78 Å². The smallest absolute Gasteiger partial charge is 0.0672 e. The van der Waals surface area contributed by atoms with Crippen LogP contribution in [-0.4, -0.2) is 9.78 Å². The van der Waals surface area contributed by atoms with E-state index in [4.69, 9.17) is 5.73 Å². The van der Waals surface area contributed by atoms with Gasteiger partial charge in [-0.25, -0.2) is 0 Å². The largest absolute Gasteiger partial charge is 0.398 e. The first-order valence-corrected chi connectivity index (χ1v) is 5.52. The minimum Gasteiger partial charge on any atom is -0.398 e. The molecule has 0 unspecified atom stereocenters. The summed E-state index contributed by atoms with van der Waals surface area (Å²) in [5.41, 5.74) is 11.2. The molecule has 1 aromatic carbocycles. The average molecular weight is 215 g/mol. The minimum absolute atomic E-state index is 0.834. The molecule has 0 saturated carbocycles. The van der Waals surface area contributed by atoms with Crippen molar-refractivity contribution < 1.29 is 0 Å². The molecule has 0 amide bonds. The quantitative estimate of drug-likeness (QED) is 0.783. The number of nitrogens with zero attached hydrogens (tertiary/aromatic N) is 2. The molecule has 3 nitrogen and oxygen atoms in total. The summed E-state index contributed by atoms with van der Waals surface area (Å²) in [4.78, 5) is 0. The summed E-state index contributed by atoms with van der Waals surface area (Å²) in [5.74, 6) is 0. The Kier molecular flexibility index (Phi) is 2.69. The highest BCUT2D eigenvalue weighted by Crippen LogP contribution is 2.25. The van der Waals surface area contributed by atoms with Crippen LogP contribution in [-0.2, 0) is 6.54 Å². The first-order chi connectivity index (χ1) is 7.61. The van der Waals surface area contributed by atoms with Crippen LogP contribution in [0, 0.1) is 13.8 Å². The summed E-state index contributed by atoms with van der Waals surface area (Å²) in [6, 6.07) is 6.16. The molecule has 0 aliphatic rings. The van der Waals surface area contributed by atoms with Crippen molar-refractivity contribution >= 4 is 5.69 Å². The Morgan fingerprint density at radius 2 is 2.06 bits per heavy atom. The third kappa shape index (κ3) is 1.81. The zero-order valence-corrected chi connectivity index (χ0v) is 9.99. The van der Waals surface area contributed by atoms with Gasteiger partial charge in [-0.05, 0) is 38.0 Å². The van der Waals surface area contributed by atoms with E-state index in [1.807, 2.05) is 30.7 Å². The highest BCUT2D eigenvalue weighted by molar-refractivity contribution is 5.70. The van der Waals surface area contributed by atoms with E-state index in [1.165, 1.54) is 0 Å². The Morgan fingerprint density at radius 3 is 2.62 bits per heavy atom. The Hall–Kier alpha value is -1.77. The van der Waals surface area contributed by atoms with E-state index in [0.717, 1.165) is 34.6 Å². The van der Waals surface area contributed by atoms with E-state index in [0.29, 0.717) is 0 Å². The van der Waals surface area contributed by atoms with Gasteiger partial charge >= 0.3 is 0 Å². The molecule has 2 aromatic rings. The second-order valence-corrected chi connectivity index (χ2v) is 4.06. The fourth-order valence-corrected chi connectivity index (χ4v) is 1.77. The Balaban J connectivity index is 2.49. The maximum absolute atomic E-state index is 5.92. The number of aromatic nitrogens is 2. The number of aryl methyl sites for hydroxylation is 3. The summed E-state index contributed by atoms with van der Waals surface area (Å²) in [5, 5.41) is 4.43. The molecule has 0 atom stereocenters. The molecule has 0 spiro atoms. The molecule has 0 fully saturated rings. The molecular weight excluding hydrogens is 198 g/mol. The van der Waals surface area contributed by atoms with Crippen molar-refractivity contribution in [2.75, 3.05) is 5.73 Å². The molecule has 0 bridgehead atoms. The highest BCUT2D eigenvalue weighted by atomic mass is 15.3. The number of hydrogen-bond donors (Lipinski definition) is 1. The Bertz CT molecular complexity index is 512. The van der Waals surface area contributed by atoms with E-state index in [2.05, 4.69) is 24.3 Å². The minimum atomic E-state index is 0.834. The van der Waals surface area contributed by atoms with E-state index < -0.39 is 0 Å². The number of nitrogens with two attached hydrogens (primary N) is 1. The summed E-state index contributed by atoms with van der Waals surface area (Å²) < 4.78 is 1.95. The van der Waals surface area contributed by atoms with Crippen LogP contribution < -0.4 is 5.73 Å². The van der Waals surface area contributed by atoms with Gasteiger partial charge in [-0.1, -0.05) is 12.1 Å². The molecule has 1 aromatic heterocycles. The van der Waals surface area contributed by atoms with Crippen LogP contribution in [0.1, 0.15) is 18.2 Å². The zero-order valence-electron chi connectivity index (χ0n) is 9.99. The van der Waals surface area contributed by atoms with Gasteiger partial charge in [0.1, 0.15) is 0 Å². The molecule has 3 heteroatoms. The fourth-order valence-electron chi connectivity index (χ4n) is 1.77. The third-order valence-corrected chi connectivity index (χ3v) is 2.86. The first kappa shape index (κ1) is 10.7. The van der Waals surface area contributed by atoms with E-state index >= 15 is 0 Å². The van der Waals surface area contributed by atoms with E-state index in [9.17, 15) is 0 Å². The van der Waals surface area contributed by atoms with Crippen LogP contribution in [0.15, 0.2) is 24.4 Å². The number of hydrogen-bond acceptors (Lipinski definition) is 2. The number of benzene rings is 1. The molecule has 1 heterocycles. The topological polar surface area (TPSA) is 43.8 Å². The normalized spacial score (nSPS) is 10.7. The molecule has 0 aliphatic carbocycles. The molecule has 2 rings (SSSR count). The van der Waals surface area contributed by atoms with Crippen molar-refractivity contribution in [3.8, 4) is 11.1 Å². The van der Waals surface area contributed by atoms with Gasteiger partial charge in [-0.15, -0.1) is 0 Å². The van der Waals surface area contributed by atoms with Crippen molar-refractivity contribution in [3.63, 3.8) is 0 Å². The van der Waals surface area contributed by atoms with Gasteiger partial charge in [0.2, 0.25) is 0 Å². The van der Waals surface area contributed by atoms with Gasteiger partial charge in [0.15, 0.2) is 0 Å². The molecule has 2 N–H and O–H groups in total. The monoisotopic (exact) mass is 215 g/mol. The summed E-state index contributed by atoms with van der Waals surface area (Å²) in [6.07, 6.45) is 2.07. The van der Waals surface area contributed by atoms with Crippen LogP contribution in [0.4, 0.5) is 5.69 Å². The van der Waals surface area contributed by atoms with Gasteiger partial charge in [-0.2, -0.15) is 5.10 Å². The van der Waals surface area contributed by atoms with Crippen molar-refractivity contribution in [2.24, 2.45) is 0 Å². The molecule has 0 aliphatic heterocycles. The van der Waals surface area contributed by atoms with Crippen molar-refractivity contribution in [1.29, 1.82) is 0 Å². The number of rotatable bonds is 2. The maximum Gasteiger partial charge on any atom is 0.0672 e. The van der Waals surface area contributed by atoms with Crippen LogP contribution in [0.3, 0.4) is 0 Å². The molecule has 0 radical (unpaired) electrons. The SMILES string of the molecule is CCn1cc(-c2ccc(C)c(N)c2)c(C)n1. The van der Waals surface area contributed by atoms with Crippen LogP contribution in [0.2, 0.25) is 0 Å². The molecular formula is C13H17N3. The fraction of sp³-hybridized carbons (Fsp3) is 0.308. The molecule has 0 saturated heterocycles. The van der Waals surface area contributed by atoms with Gasteiger partial charge in [0.25, 0.3) is 0 Å². The highest BCUT2D eigenvalue weighted by Gasteiger charge is 2.07. The van der Waals surface area contributed by atoms with Gasteiger partial charge < -0.3 is 5.73 Å². The van der Waals surface area contributed by atoms with Gasteiger partial charge in [0.05, 0.1) is 5.69 Å². The zero-order chi connectivity index (χ0) is 11.7. The van der Waals surface area contributed by atoms with Gasteiger partial charge in [0, 0.05) is 24.0 Å². The van der Waals surface area contributed by atoms with E-state index in [1.54, 1.807) is 0 Å². The second-order valence-electron chi connectivity index (χ2n) is 4.06. The lowest BCUT2D eigenvalue weighted by molar-refractivity contribution is 0.653. The standard InChI is InChI=1S/C13H17N3/c1-4-16-8-12(10(3)15-16)11-6-5-9(2)13(14)7-11/h5-8H,4,14H2,1-3H3. The third-order valence-electron chi connectivity index (χ3n) is 2.86. The lowest BCUT2D eigenvalue weighted by atomic mass is 10.0. The van der Waals surface area contributed by atoms with Crippen LogP contribution >= 0.6 is 0 Å². The summed E-state index contributed by atoms with van der Waals surface area (Å²) in [6.45, 7) is 7.01. The van der Waals surface area contributed by atoms with Crippen LogP contribution in [0.25, 0.3) is 11.1 Å². The predicted octanol–water partition coefficient (Wildman–Crippen LogP) is 2.77. The predicted molar refractivity (Wildman–Crippen MR) is 67.2 cm³/mol. The lowest BCUT2D eigenvalue weighted by Crippen LogP contribution is -1.93. The summed E-state index contributed by atoms with van der Waals surface area (Å²) >= 11 is 0. The van der Waals surface area contributed by atoms with Crippen molar-refractivity contribution in [2.45, 2.75) is 27.3 Å². The first-order valence-electron chi connectivity index (χ1n) is 5.52. The Labute approximate surface area is 95.9 Å². The average Bonchev–Trinajstić information content (AvgIpc) is 2.64.